The number of benzene rings is 1. The molecule has 0 bridgehead atoms. The number of anilines is 2. The van der Waals surface area contributed by atoms with Gasteiger partial charge in [-0.15, -0.1) is 0 Å². The molecule has 0 aliphatic rings. The zero-order valence-corrected chi connectivity index (χ0v) is 13.2. The monoisotopic (exact) mass is 317 g/mol. The van der Waals surface area contributed by atoms with E-state index in [1.165, 1.54) is 0 Å². The molecule has 0 atom stereocenters. The van der Waals surface area contributed by atoms with Crippen LogP contribution in [0.1, 0.15) is 25.2 Å². The summed E-state index contributed by atoms with van der Waals surface area (Å²) in [6, 6.07) is 7.41. The number of hydrogen-bond donors (Lipinski definition) is 2. The quantitative estimate of drug-likeness (QED) is 0.620. The Labute approximate surface area is 133 Å². The molecule has 0 aliphatic carbocycles. The minimum atomic E-state index is -0.572. The first-order valence-corrected chi connectivity index (χ1v) is 7.11. The van der Waals surface area contributed by atoms with E-state index in [0.717, 1.165) is 11.3 Å². The van der Waals surface area contributed by atoms with Gasteiger partial charge in [0, 0.05) is 12.5 Å². The summed E-state index contributed by atoms with van der Waals surface area (Å²) in [6.45, 7) is 3.73. The molecule has 8 nitrogen and oxygen atoms in total. The molecule has 0 aliphatic heterocycles. The molecule has 0 saturated heterocycles. The highest BCUT2D eigenvalue weighted by molar-refractivity contribution is 5.68. The van der Waals surface area contributed by atoms with Crippen LogP contribution >= 0.6 is 0 Å². The van der Waals surface area contributed by atoms with E-state index in [1.54, 1.807) is 7.11 Å². The van der Waals surface area contributed by atoms with Crippen LogP contribution in [0.15, 0.2) is 24.3 Å². The van der Waals surface area contributed by atoms with Crippen molar-refractivity contribution >= 4 is 17.3 Å². The zero-order chi connectivity index (χ0) is 17.0. The van der Waals surface area contributed by atoms with Gasteiger partial charge in [0.1, 0.15) is 11.6 Å². The second-order valence-electron chi connectivity index (χ2n) is 5.30. The lowest BCUT2D eigenvalue weighted by Crippen LogP contribution is -2.16. The largest absolute Gasteiger partial charge is 0.497 e. The van der Waals surface area contributed by atoms with Crippen molar-refractivity contribution in [3.8, 4) is 5.75 Å². The number of rotatable bonds is 6. The van der Waals surface area contributed by atoms with Crippen LogP contribution in [0, 0.1) is 10.1 Å². The molecule has 23 heavy (non-hydrogen) atoms. The molecule has 0 saturated carbocycles. The van der Waals surface area contributed by atoms with Gasteiger partial charge in [-0.05, 0) is 31.5 Å². The highest BCUT2D eigenvalue weighted by Crippen LogP contribution is 2.28. The smallest absolute Gasteiger partial charge is 0.353 e. The number of hydrogen-bond acceptors (Lipinski definition) is 7. The molecule has 8 heteroatoms. The van der Waals surface area contributed by atoms with Gasteiger partial charge in [0.2, 0.25) is 11.6 Å². The van der Waals surface area contributed by atoms with E-state index in [0.29, 0.717) is 12.2 Å². The molecule has 3 N–H and O–H groups in total. The Morgan fingerprint density at radius 1 is 1.30 bits per heavy atom. The SMILES string of the molecule is COc1ccc(Cc2nc(N)c([N+](=O)[O-])c(NC(C)C)n2)cc1. The average Bonchev–Trinajstić information content (AvgIpc) is 2.46. The summed E-state index contributed by atoms with van der Waals surface area (Å²) < 4.78 is 5.11. The van der Waals surface area contributed by atoms with Crippen LogP contribution < -0.4 is 15.8 Å². The molecule has 1 heterocycles. The van der Waals surface area contributed by atoms with Crippen LogP contribution in [-0.2, 0) is 6.42 Å². The first-order valence-electron chi connectivity index (χ1n) is 7.11. The minimum Gasteiger partial charge on any atom is -0.497 e. The van der Waals surface area contributed by atoms with Gasteiger partial charge in [-0.1, -0.05) is 12.1 Å². The number of nitrogen functional groups attached to an aromatic ring is 1. The number of nitrogens with zero attached hydrogens (tertiary/aromatic N) is 3. The predicted octanol–water partition coefficient (Wildman–Crippen LogP) is 2.39. The Bertz CT molecular complexity index is 701. The number of methoxy groups -OCH3 is 1. The second kappa shape index (κ2) is 6.91. The summed E-state index contributed by atoms with van der Waals surface area (Å²) in [7, 11) is 1.60. The summed E-state index contributed by atoms with van der Waals surface area (Å²) >= 11 is 0. The van der Waals surface area contributed by atoms with E-state index in [1.807, 2.05) is 38.1 Å². The Hall–Kier alpha value is -2.90. The predicted molar refractivity (Wildman–Crippen MR) is 87.7 cm³/mol. The fraction of sp³-hybridized carbons (Fsp3) is 0.333. The van der Waals surface area contributed by atoms with Crippen molar-refractivity contribution in [1.29, 1.82) is 0 Å². The van der Waals surface area contributed by atoms with Crippen LogP contribution in [0.2, 0.25) is 0 Å². The Morgan fingerprint density at radius 2 is 1.96 bits per heavy atom. The van der Waals surface area contributed by atoms with Gasteiger partial charge >= 0.3 is 5.69 Å². The van der Waals surface area contributed by atoms with Crippen molar-refractivity contribution in [2.75, 3.05) is 18.2 Å². The summed E-state index contributed by atoms with van der Waals surface area (Å²) in [5.74, 6) is 1.17. The Morgan fingerprint density at radius 3 is 2.48 bits per heavy atom. The van der Waals surface area contributed by atoms with Crippen molar-refractivity contribution in [1.82, 2.24) is 9.97 Å². The highest BCUT2D eigenvalue weighted by atomic mass is 16.6. The number of nitro groups is 1. The molecule has 0 radical (unpaired) electrons. The maximum Gasteiger partial charge on any atom is 0.353 e. The molecule has 0 amide bonds. The molecular weight excluding hydrogens is 298 g/mol. The third-order valence-corrected chi connectivity index (χ3v) is 3.09. The lowest BCUT2D eigenvalue weighted by molar-refractivity contribution is -0.383. The van der Waals surface area contributed by atoms with Crippen LogP contribution in [-0.4, -0.2) is 28.0 Å². The van der Waals surface area contributed by atoms with Gasteiger partial charge in [0.25, 0.3) is 0 Å². The van der Waals surface area contributed by atoms with Gasteiger partial charge in [0.05, 0.1) is 12.0 Å². The molecule has 1 aromatic heterocycles. The summed E-state index contributed by atoms with van der Waals surface area (Å²) in [4.78, 5) is 18.9. The van der Waals surface area contributed by atoms with Gasteiger partial charge in [-0.2, -0.15) is 0 Å². The third-order valence-electron chi connectivity index (χ3n) is 3.09. The maximum absolute atomic E-state index is 11.2. The van der Waals surface area contributed by atoms with E-state index in [4.69, 9.17) is 10.5 Å². The van der Waals surface area contributed by atoms with Crippen LogP contribution in [0.4, 0.5) is 17.3 Å². The number of nitrogens with one attached hydrogen (secondary N) is 1. The summed E-state index contributed by atoms with van der Waals surface area (Å²) in [5.41, 5.74) is 6.40. The lowest BCUT2D eigenvalue weighted by atomic mass is 10.1. The Balaban J connectivity index is 2.34. The molecular formula is C15H19N5O3. The van der Waals surface area contributed by atoms with Gasteiger partial charge in [0.15, 0.2) is 0 Å². The normalized spacial score (nSPS) is 10.6. The van der Waals surface area contributed by atoms with Gasteiger partial charge in [-0.25, -0.2) is 9.97 Å². The van der Waals surface area contributed by atoms with E-state index in [2.05, 4.69) is 15.3 Å². The molecule has 2 rings (SSSR count). The molecule has 0 spiro atoms. The molecule has 2 aromatic rings. The van der Waals surface area contributed by atoms with Crippen molar-refractivity contribution in [2.45, 2.75) is 26.3 Å². The topological polar surface area (TPSA) is 116 Å². The molecule has 0 unspecified atom stereocenters. The van der Waals surface area contributed by atoms with Gasteiger partial charge < -0.3 is 15.8 Å². The summed E-state index contributed by atoms with van der Waals surface area (Å²) in [5, 5.41) is 14.1. The van der Waals surface area contributed by atoms with Gasteiger partial charge in [-0.3, -0.25) is 10.1 Å². The summed E-state index contributed by atoms with van der Waals surface area (Å²) in [6.07, 6.45) is 0.416. The fourth-order valence-corrected chi connectivity index (χ4v) is 2.08. The number of aromatic nitrogens is 2. The van der Waals surface area contributed by atoms with Crippen molar-refractivity contribution < 1.29 is 9.66 Å². The van der Waals surface area contributed by atoms with Crippen molar-refractivity contribution in [2.24, 2.45) is 0 Å². The lowest BCUT2D eigenvalue weighted by Gasteiger charge is -2.12. The fourth-order valence-electron chi connectivity index (χ4n) is 2.08. The van der Waals surface area contributed by atoms with Crippen LogP contribution in [0.3, 0.4) is 0 Å². The molecule has 0 fully saturated rings. The first kappa shape index (κ1) is 16.5. The molecule has 122 valence electrons. The van der Waals surface area contributed by atoms with Crippen molar-refractivity contribution in [3.05, 3.63) is 45.8 Å². The minimum absolute atomic E-state index is 0.0168. The van der Waals surface area contributed by atoms with E-state index in [-0.39, 0.29) is 23.4 Å². The number of ether oxygens (including phenoxy) is 1. The van der Waals surface area contributed by atoms with Crippen molar-refractivity contribution in [3.63, 3.8) is 0 Å². The third kappa shape index (κ3) is 4.06. The average molecular weight is 317 g/mol. The highest BCUT2D eigenvalue weighted by Gasteiger charge is 2.23. The second-order valence-corrected chi connectivity index (χ2v) is 5.30. The standard InChI is InChI=1S/C15H19N5O3/c1-9(2)17-15-13(20(21)22)14(16)18-12(19-15)8-10-4-6-11(23-3)7-5-10/h4-7,9H,8H2,1-3H3,(H3,16,17,18,19). The van der Waals surface area contributed by atoms with Crippen LogP contribution in [0.5, 0.6) is 5.75 Å². The maximum atomic E-state index is 11.2. The molecule has 1 aromatic carbocycles. The van der Waals surface area contributed by atoms with Crippen LogP contribution in [0.25, 0.3) is 0 Å². The van der Waals surface area contributed by atoms with E-state index in [9.17, 15) is 10.1 Å². The van der Waals surface area contributed by atoms with E-state index >= 15 is 0 Å². The Kier molecular flexibility index (Phi) is 4.95. The number of nitrogens with two attached hydrogens (primary N) is 1. The zero-order valence-electron chi connectivity index (χ0n) is 13.2. The van der Waals surface area contributed by atoms with E-state index < -0.39 is 4.92 Å². The first-order chi connectivity index (χ1) is 10.9.